The summed E-state index contributed by atoms with van der Waals surface area (Å²) in [5, 5.41) is 7.16. The maximum Gasteiger partial charge on any atom is 0.322 e. The van der Waals surface area contributed by atoms with Crippen molar-refractivity contribution in [3.63, 3.8) is 0 Å². The van der Waals surface area contributed by atoms with E-state index in [1.54, 1.807) is 19.2 Å². The molecule has 0 saturated heterocycles. The molecule has 0 spiro atoms. The van der Waals surface area contributed by atoms with Crippen LogP contribution in [0.15, 0.2) is 24.3 Å². The number of hydrogen-bond acceptors (Lipinski definition) is 6. The van der Waals surface area contributed by atoms with Gasteiger partial charge in [0.25, 0.3) is 0 Å². The first kappa shape index (κ1) is 14.8. The summed E-state index contributed by atoms with van der Waals surface area (Å²) in [6.45, 7) is 0. The van der Waals surface area contributed by atoms with Crippen LogP contribution in [0, 0.1) is 0 Å². The average molecular weight is 320 g/mol. The first-order valence-electron chi connectivity index (χ1n) is 7.32. The maximum absolute atomic E-state index is 5.88. The Kier molecular flexibility index (Phi) is 4.58. The SMILES string of the molecule is COc1nc(Nc2ccc(Cl)cc2)nc(NC2CCCC2)n1. The Bertz CT molecular complexity index is 628. The predicted octanol–water partition coefficient (Wildman–Crippen LogP) is 3.63. The van der Waals surface area contributed by atoms with Crippen molar-refractivity contribution in [3.8, 4) is 6.01 Å². The summed E-state index contributed by atoms with van der Waals surface area (Å²) < 4.78 is 5.15. The molecule has 3 rings (SSSR count). The summed E-state index contributed by atoms with van der Waals surface area (Å²) in [5.74, 6) is 0.977. The van der Waals surface area contributed by atoms with Gasteiger partial charge in [-0.2, -0.15) is 15.0 Å². The third kappa shape index (κ3) is 3.76. The summed E-state index contributed by atoms with van der Waals surface area (Å²) in [6, 6.07) is 8.05. The zero-order chi connectivity index (χ0) is 15.4. The fourth-order valence-electron chi connectivity index (χ4n) is 2.48. The van der Waals surface area contributed by atoms with Gasteiger partial charge in [-0.25, -0.2) is 0 Å². The lowest BCUT2D eigenvalue weighted by Crippen LogP contribution is -2.17. The van der Waals surface area contributed by atoms with E-state index in [-0.39, 0.29) is 6.01 Å². The molecule has 0 aliphatic heterocycles. The van der Waals surface area contributed by atoms with Gasteiger partial charge in [0, 0.05) is 16.8 Å². The minimum absolute atomic E-state index is 0.284. The topological polar surface area (TPSA) is 72.0 Å². The van der Waals surface area contributed by atoms with Crippen LogP contribution in [-0.2, 0) is 0 Å². The molecule has 116 valence electrons. The molecule has 1 saturated carbocycles. The fourth-order valence-corrected chi connectivity index (χ4v) is 2.61. The molecule has 0 unspecified atom stereocenters. The standard InChI is InChI=1S/C15H18ClN5O/c1-22-15-20-13(17-11-4-2-3-5-11)19-14(21-15)18-12-8-6-10(16)7-9-12/h6-9,11H,2-5H2,1H3,(H2,17,18,19,20,21). The van der Waals surface area contributed by atoms with Gasteiger partial charge in [0.05, 0.1) is 7.11 Å². The number of ether oxygens (including phenoxy) is 1. The highest BCUT2D eigenvalue weighted by Crippen LogP contribution is 2.23. The van der Waals surface area contributed by atoms with E-state index in [4.69, 9.17) is 16.3 Å². The molecule has 0 bridgehead atoms. The quantitative estimate of drug-likeness (QED) is 0.876. The van der Waals surface area contributed by atoms with E-state index in [1.165, 1.54) is 12.8 Å². The monoisotopic (exact) mass is 319 g/mol. The largest absolute Gasteiger partial charge is 0.467 e. The van der Waals surface area contributed by atoms with Crippen molar-refractivity contribution in [2.24, 2.45) is 0 Å². The van der Waals surface area contributed by atoms with Crippen molar-refractivity contribution in [1.82, 2.24) is 15.0 Å². The van der Waals surface area contributed by atoms with E-state index in [0.717, 1.165) is 18.5 Å². The molecule has 6 nitrogen and oxygen atoms in total. The number of hydrogen-bond donors (Lipinski definition) is 2. The molecule has 0 atom stereocenters. The molecule has 0 amide bonds. The molecule has 1 aliphatic rings. The van der Waals surface area contributed by atoms with Crippen LogP contribution < -0.4 is 15.4 Å². The van der Waals surface area contributed by atoms with E-state index < -0.39 is 0 Å². The summed E-state index contributed by atoms with van der Waals surface area (Å²) >= 11 is 5.88. The van der Waals surface area contributed by atoms with E-state index in [0.29, 0.717) is 23.0 Å². The molecule has 1 heterocycles. The maximum atomic E-state index is 5.88. The Morgan fingerprint density at radius 2 is 1.73 bits per heavy atom. The molecule has 22 heavy (non-hydrogen) atoms. The second kappa shape index (κ2) is 6.79. The van der Waals surface area contributed by atoms with Crippen molar-refractivity contribution >= 4 is 29.2 Å². The van der Waals surface area contributed by atoms with Crippen molar-refractivity contribution in [1.29, 1.82) is 0 Å². The number of anilines is 3. The third-order valence-corrected chi connectivity index (χ3v) is 3.84. The van der Waals surface area contributed by atoms with Crippen LogP contribution in [0.4, 0.5) is 17.6 Å². The van der Waals surface area contributed by atoms with Gasteiger partial charge in [-0.15, -0.1) is 0 Å². The highest BCUT2D eigenvalue weighted by atomic mass is 35.5. The van der Waals surface area contributed by atoms with E-state index in [2.05, 4.69) is 25.6 Å². The third-order valence-electron chi connectivity index (χ3n) is 3.59. The van der Waals surface area contributed by atoms with Crippen LogP contribution in [0.2, 0.25) is 5.02 Å². The number of halogens is 1. The second-order valence-electron chi connectivity index (χ2n) is 5.23. The Hall–Kier alpha value is -2.08. The average Bonchev–Trinajstić information content (AvgIpc) is 3.02. The molecule has 0 radical (unpaired) electrons. The molecular formula is C15H18ClN5O. The molecule has 7 heteroatoms. The van der Waals surface area contributed by atoms with E-state index in [9.17, 15) is 0 Å². The Balaban J connectivity index is 1.78. The van der Waals surface area contributed by atoms with Crippen molar-refractivity contribution in [2.75, 3.05) is 17.7 Å². The van der Waals surface area contributed by atoms with Crippen LogP contribution in [-0.4, -0.2) is 28.1 Å². The predicted molar refractivity (Wildman–Crippen MR) is 87.0 cm³/mol. The molecule has 1 aliphatic carbocycles. The number of benzene rings is 1. The van der Waals surface area contributed by atoms with Crippen molar-refractivity contribution in [2.45, 2.75) is 31.7 Å². The zero-order valence-electron chi connectivity index (χ0n) is 12.3. The minimum atomic E-state index is 0.284. The normalized spacial score (nSPS) is 14.8. The Morgan fingerprint density at radius 3 is 2.41 bits per heavy atom. The number of rotatable bonds is 5. The lowest BCUT2D eigenvalue weighted by Gasteiger charge is -2.13. The summed E-state index contributed by atoms with van der Waals surface area (Å²) in [5.41, 5.74) is 0.851. The van der Waals surface area contributed by atoms with Crippen LogP contribution >= 0.6 is 11.6 Å². The lowest BCUT2D eigenvalue weighted by molar-refractivity contribution is 0.379. The molecular weight excluding hydrogens is 302 g/mol. The number of methoxy groups -OCH3 is 1. The van der Waals surface area contributed by atoms with Gasteiger partial charge in [0.1, 0.15) is 0 Å². The van der Waals surface area contributed by atoms with Gasteiger partial charge < -0.3 is 15.4 Å². The van der Waals surface area contributed by atoms with Gasteiger partial charge in [0.2, 0.25) is 11.9 Å². The van der Waals surface area contributed by atoms with E-state index in [1.807, 2.05) is 12.1 Å². The molecule has 2 aromatic rings. The van der Waals surface area contributed by atoms with Gasteiger partial charge in [-0.1, -0.05) is 24.4 Å². The molecule has 1 aromatic carbocycles. The smallest absolute Gasteiger partial charge is 0.322 e. The van der Waals surface area contributed by atoms with Gasteiger partial charge in [0.15, 0.2) is 0 Å². The summed E-state index contributed by atoms with van der Waals surface area (Å²) in [6.07, 6.45) is 4.79. The fraction of sp³-hybridized carbons (Fsp3) is 0.400. The van der Waals surface area contributed by atoms with Gasteiger partial charge in [-0.05, 0) is 37.1 Å². The molecule has 2 N–H and O–H groups in total. The highest BCUT2D eigenvalue weighted by molar-refractivity contribution is 6.30. The lowest BCUT2D eigenvalue weighted by atomic mass is 10.3. The Morgan fingerprint density at radius 1 is 1.05 bits per heavy atom. The number of aromatic nitrogens is 3. The zero-order valence-corrected chi connectivity index (χ0v) is 13.1. The highest BCUT2D eigenvalue weighted by Gasteiger charge is 2.17. The van der Waals surface area contributed by atoms with Crippen LogP contribution in [0.3, 0.4) is 0 Å². The van der Waals surface area contributed by atoms with Gasteiger partial charge >= 0.3 is 6.01 Å². The van der Waals surface area contributed by atoms with Crippen LogP contribution in [0.1, 0.15) is 25.7 Å². The van der Waals surface area contributed by atoms with Gasteiger partial charge in [-0.3, -0.25) is 0 Å². The van der Waals surface area contributed by atoms with Crippen molar-refractivity contribution < 1.29 is 4.74 Å². The number of nitrogens with zero attached hydrogens (tertiary/aromatic N) is 3. The summed E-state index contributed by atoms with van der Waals surface area (Å²) in [4.78, 5) is 12.9. The van der Waals surface area contributed by atoms with Crippen molar-refractivity contribution in [3.05, 3.63) is 29.3 Å². The number of nitrogens with one attached hydrogen (secondary N) is 2. The minimum Gasteiger partial charge on any atom is -0.467 e. The Labute approximate surface area is 134 Å². The van der Waals surface area contributed by atoms with E-state index >= 15 is 0 Å². The molecule has 1 aromatic heterocycles. The summed E-state index contributed by atoms with van der Waals surface area (Å²) in [7, 11) is 1.54. The first-order valence-corrected chi connectivity index (χ1v) is 7.70. The molecule has 1 fully saturated rings. The van der Waals surface area contributed by atoms with Crippen LogP contribution in [0.25, 0.3) is 0 Å². The second-order valence-corrected chi connectivity index (χ2v) is 5.66. The van der Waals surface area contributed by atoms with Crippen LogP contribution in [0.5, 0.6) is 6.01 Å². The first-order chi connectivity index (χ1) is 10.7.